The number of oxime groups is 1. The van der Waals surface area contributed by atoms with Crippen molar-refractivity contribution in [3.63, 3.8) is 0 Å². The maximum atomic E-state index is 14.2. The lowest BCUT2D eigenvalue weighted by Crippen LogP contribution is -2.45. The summed E-state index contributed by atoms with van der Waals surface area (Å²) in [5, 5.41) is 15.6. The number of amides is 1. The molecule has 0 radical (unpaired) electrons. The summed E-state index contributed by atoms with van der Waals surface area (Å²) < 4.78 is 27.7. The van der Waals surface area contributed by atoms with Crippen molar-refractivity contribution < 1.29 is 23.5 Å². The van der Waals surface area contributed by atoms with Crippen LogP contribution in [0, 0.1) is 23.1 Å². The molecule has 0 aliphatic carbocycles. The normalized spacial score (nSPS) is 12.2. The van der Waals surface area contributed by atoms with Crippen molar-refractivity contribution >= 4 is 11.6 Å². The van der Waals surface area contributed by atoms with E-state index in [-0.39, 0.29) is 62.4 Å². The van der Waals surface area contributed by atoms with Gasteiger partial charge in [0.2, 0.25) is 5.91 Å². The molecule has 12 heteroatoms. The highest BCUT2D eigenvalue weighted by molar-refractivity contribution is 5.97. The van der Waals surface area contributed by atoms with Crippen LogP contribution in [0.1, 0.15) is 51.3 Å². The van der Waals surface area contributed by atoms with Gasteiger partial charge in [0.1, 0.15) is 24.3 Å². The minimum atomic E-state index is -0.893. The Labute approximate surface area is 220 Å². The van der Waals surface area contributed by atoms with Crippen molar-refractivity contribution in [2.24, 2.45) is 11.1 Å². The van der Waals surface area contributed by atoms with E-state index in [9.17, 15) is 18.8 Å². The second-order valence-corrected chi connectivity index (χ2v) is 8.63. The highest BCUT2D eigenvalue weighted by atomic mass is 19.1. The van der Waals surface area contributed by atoms with Crippen LogP contribution in [-0.2, 0) is 27.5 Å². The van der Waals surface area contributed by atoms with Crippen LogP contribution in [0.25, 0.3) is 0 Å². The Morgan fingerprint density at radius 2 is 2.03 bits per heavy atom. The van der Waals surface area contributed by atoms with Crippen molar-refractivity contribution in [2.45, 2.75) is 53.3 Å². The van der Waals surface area contributed by atoms with Gasteiger partial charge >= 0.3 is 5.69 Å². The summed E-state index contributed by atoms with van der Waals surface area (Å²) in [6.45, 7) is 6.91. The summed E-state index contributed by atoms with van der Waals surface area (Å²) in [6.07, 6.45) is 0.525. The number of ether oxygens (including phenoxy) is 2. The summed E-state index contributed by atoms with van der Waals surface area (Å²) in [5.74, 6) is -0.677. The molecule has 0 aliphatic heterocycles. The van der Waals surface area contributed by atoms with Crippen LogP contribution in [0.4, 0.5) is 4.39 Å². The van der Waals surface area contributed by atoms with Crippen molar-refractivity contribution in [1.29, 1.82) is 5.26 Å². The lowest BCUT2D eigenvalue weighted by molar-refractivity contribution is -0.124. The fraction of sp³-hybridized carbons (Fsp3) is 0.500. The largest absolute Gasteiger partial charge is 0.496 e. The molecular weight excluding hydrogens is 497 g/mol. The molecule has 0 saturated carbocycles. The van der Waals surface area contributed by atoms with E-state index in [0.29, 0.717) is 11.3 Å². The number of rotatable bonds is 14. The van der Waals surface area contributed by atoms with Gasteiger partial charge in [0, 0.05) is 30.8 Å². The maximum Gasteiger partial charge on any atom is 0.331 e. The minimum absolute atomic E-state index is 0.0220. The van der Waals surface area contributed by atoms with Gasteiger partial charge in [0.05, 0.1) is 44.0 Å². The zero-order chi connectivity index (χ0) is 28.2. The molecule has 0 spiro atoms. The number of methoxy groups -OCH3 is 1. The van der Waals surface area contributed by atoms with Crippen LogP contribution in [0.15, 0.2) is 39.1 Å². The van der Waals surface area contributed by atoms with Gasteiger partial charge in [-0.15, -0.1) is 0 Å². The molecule has 2 rings (SSSR count). The van der Waals surface area contributed by atoms with Gasteiger partial charge in [0.25, 0.3) is 5.56 Å². The first-order valence-electron chi connectivity index (χ1n) is 12.2. The number of carbonyl (C=O) groups is 1. The first-order chi connectivity index (χ1) is 18.1. The first kappa shape index (κ1) is 30.2. The fourth-order valence-corrected chi connectivity index (χ4v) is 3.56. The fourth-order valence-electron chi connectivity index (χ4n) is 3.56. The van der Waals surface area contributed by atoms with Crippen LogP contribution >= 0.6 is 0 Å². The summed E-state index contributed by atoms with van der Waals surface area (Å²) in [6, 6.07) is 5.89. The number of hydrogen-bond acceptors (Lipinski definition) is 8. The molecule has 0 bridgehead atoms. The predicted molar refractivity (Wildman–Crippen MR) is 139 cm³/mol. The smallest absolute Gasteiger partial charge is 0.331 e. The third-order valence-electron chi connectivity index (χ3n) is 5.55. The zero-order valence-corrected chi connectivity index (χ0v) is 22.3. The molecule has 0 fully saturated rings. The van der Waals surface area contributed by atoms with E-state index in [4.69, 9.17) is 19.6 Å². The number of nitrogens with one attached hydrogen (secondary N) is 1. The van der Waals surface area contributed by atoms with Crippen molar-refractivity contribution in [3.8, 4) is 11.8 Å². The second kappa shape index (κ2) is 14.7. The van der Waals surface area contributed by atoms with Crippen LogP contribution in [0.2, 0.25) is 0 Å². The van der Waals surface area contributed by atoms with Gasteiger partial charge in [-0.2, -0.15) is 5.26 Å². The summed E-state index contributed by atoms with van der Waals surface area (Å²) in [4.78, 5) is 43.7. The first-order valence-corrected chi connectivity index (χ1v) is 12.2. The topological polar surface area (TPSA) is 137 Å². The van der Waals surface area contributed by atoms with Gasteiger partial charge in [-0.3, -0.25) is 18.7 Å². The van der Waals surface area contributed by atoms with E-state index in [1.807, 2.05) is 6.07 Å². The number of hydrogen-bond donors (Lipinski definition) is 1. The van der Waals surface area contributed by atoms with E-state index in [2.05, 4.69) is 10.5 Å². The minimum Gasteiger partial charge on any atom is -0.496 e. The number of carbonyl (C=O) groups excluding carboxylic acids is 1. The Bertz CT molecular complexity index is 1290. The molecular formula is C26H34FN5O6. The van der Waals surface area contributed by atoms with E-state index in [1.54, 1.807) is 27.7 Å². The van der Waals surface area contributed by atoms with Crippen LogP contribution in [0.3, 0.4) is 0 Å². The van der Waals surface area contributed by atoms with Gasteiger partial charge in [-0.05, 0) is 32.0 Å². The number of nitriles is 1. The Balaban J connectivity index is 2.60. The molecule has 11 nitrogen and oxygen atoms in total. The van der Waals surface area contributed by atoms with Gasteiger partial charge in [-0.1, -0.05) is 19.0 Å². The Kier molecular flexibility index (Phi) is 11.7. The van der Waals surface area contributed by atoms with Crippen molar-refractivity contribution in [2.75, 3.05) is 26.9 Å². The molecule has 206 valence electrons. The number of halogens is 1. The molecule has 38 heavy (non-hydrogen) atoms. The molecule has 1 atom stereocenters. The summed E-state index contributed by atoms with van der Waals surface area (Å²) in [5.41, 5.74) is -0.575. The van der Waals surface area contributed by atoms with Crippen LogP contribution < -0.4 is 21.3 Å². The standard InChI is InChI=1S/C26H34FN5O6/c1-6-38-30-18(4)21-15-31(26(35)32(25(21)34)12-11-29-24(33)17(2)3)16-23(37-13-7-10-28)20-14-19(27)8-9-22(20)36-5/h8-9,14-15,17,23H,6-7,11-13,16H2,1-5H3,(H,29,33)/b30-18+. The van der Waals surface area contributed by atoms with Crippen molar-refractivity contribution in [1.82, 2.24) is 14.5 Å². The summed E-state index contributed by atoms with van der Waals surface area (Å²) in [7, 11) is 1.42. The average molecular weight is 532 g/mol. The van der Waals surface area contributed by atoms with Gasteiger partial charge < -0.3 is 19.6 Å². The Hall–Kier alpha value is -3.98. The Morgan fingerprint density at radius 3 is 2.66 bits per heavy atom. The molecule has 1 heterocycles. The number of aromatic nitrogens is 2. The molecule has 0 saturated heterocycles. The second-order valence-electron chi connectivity index (χ2n) is 8.63. The van der Waals surface area contributed by atoms with Gasteiger partial charge in [-0.25, -0.2) is 9.18 Å². The molecule has 1 amide bonds. The average Bonchev–Trinajstić information content (AvgIpc) is 2.89. The van der Waals surface area contributed by atoms with Crippen molar-refractivity contribution in [3.05, 3.63) is 62.2 Å². The lowest BCUT2D eigenvalue weighted by Gasteiger charge is -2.22. The van der Waals surface area contributed by atoms with Crippen LogP contribution in [0.5, 0.6) is 5.75 Å². The molecule has 1 unspecified atom stereocenters. The molecule has 1 N–H and O–H groups in total. The van der Waals surface area contributed by atoms with E-state index in [0.717, 1.165) is 4.57 Å². The Morgan fingerprint density at radius 1 is 1.29 bits per heavy atom. The summed E-state index contributed by atoms with van der Waals surface area (Å²) >= 11 is 0. The monoisotopic (exact) mass is 531 g/mol. The van der Waals surface area contributed by atoms with E-state index < -0.39 is 23.2 Å². The quantitative estimate of drug-likeness (QED) is 0.224. The number of benzene rings is 1. The highest BCUT2D eigenvalue weighted by Gasteiger charge is 2.22. The predicted octanol–water partition coefficient (Wildman–Crippen LogP) is 2.36. The third kappa shape index (κ3) is 8.01. The lowest BCUT2D eigenvalue weighted by atomic mass is 10.1. The SMILES string of the molecule is CCO/N=C(\C)c1cn(CC(OCCC#N)c2cc(F)ccc2OC)c(=O)n(CCNC(=O)C(C)C)c1=O. The van der Waals surface area contributed by atoms with Gasteiger partial charge in [0.15, 0.2) is 0 Å². The van der Waals surface area contributed by atoms with Crippen LogP contribution in [-0.4, -0.2) is 47.6 Å². The maximum absolute atomic E-state index is 14.2. The molecule has 1 aromatic heterocycles. The zero-order valence-electron chi connectivity index (χ0n) is 22.3. The molecule has 1 aromatic carbocycles. The molecule has 2 aromatic rings. The number of nitrogens with zero attached hydrogens (tertiary/aromatic N) is 4. The highest BCUT2D eigenvalue weighted by Crippen LogP contribution is 2.29. The molecule has 0 aliphatic rings. The third-order valence-corrected chi connectivity index (χ3v) is 5.55. The van der Waals surface area contributed by atoms with E-state index in [1.165, 1.54) is 36.1 Å². The van der Waals surface area contributed by atoms with E-state index >= 15 is 0 Å².